The maximum atomic E-state index is 13.8. The molecule has 1 aliphatic rings. The lowest BCUT2D eigenvalue weighted by Crippen LogP contribution is -2.40. The minimum absolute atomic E-state index is 0.211. The molecule has 0 aliphatic heterocycles. The van der Waals surface area contributed by atoms with Crippen LogP contribution in [0.4, 0.5) is 10.1 Å². The summed E-state index contributed by atoms with van der Waals surface area (Å²) in [5.74, 6) is 0.936. The highest BCUT2D eigenvalue weighted by Crippen LogP contribution is 2.36. The van der Waals surface area contributed by atoms with E-state index in [9.17, 15) is 4.39 Å². The van der Waals surface area contributed by atoms with Gasteiger partial charge in [-0.1, -0.05) is 17.7 Å². The Morgan fingerprint density at radius 1 is 1.10 bits per heavy atom. The minimum atomic E-state index is -0.211. The smallest absolute Gasteiger partial charge is 0.206 e. The lowest BCUT2D eigenvalue weighted by Gasteiger charge is -2.30. The van der Waals surface area contributed by atoms with Crippen molar-refractivity contribution in [1.29, 1.82) is 0 Å². The van der Waals surface area contributed by atoms with Gasteiger partial charge in [-0.05, 0) is 79.6 Å². The standard InChI is InChI=1S/C22H21ClFIN4/c23-15-2-1-3-18(12-15)28-22(29-25)27-17-7-4-14(5-8-17)19-10-11-26-21-9-6-16(24)13-20(19)21/h1-3,6,9-14,17H,4-5,7-8H2,(H2,27,28,29). The molecule has 150 valence electrons. The van der Waals surface area contributed by atoms with Gasteiger partial charge in [0.1, 0.15) is 5.82 Å². The summed E-state index contributed by atoms with van der Waals surface area (Å²) in [7, 11) is 0. The van der Waals surface area contributed by atoms with Gasteiger partial charge in [0.25, 0.3) is 0 Å². The first-order valence-corrected chi connectivity index (χ1v) is 11.0. The Labute approximate surface area is 188 Å². The summed E-state index contributed by atoms with van der Waals surface area (Å²) in [4.78, 5) is 4.38. The van der Waals surface area contributed by atoms with Crippen LogP contribution in [0, 0.1) is 5.82 Å². The molecule has 0 radical (unpaired) electrons. The van der Waals surface area contributed by atoms with Crippen molar-refractivity contribution in [3.8, 4) is 0 Å². The summed E-state index contributed by atoms with van der Waals surface area (Å²) >= 11 is 8.05. The molecule has 2 aromatic carbocycles. The average molecular weight is 523 g/mol. The molecule has 1 heterocycles. The van der Waals surface area contributed by atoms with E-state index in [1.165, 1.54) is 11.6 Å². The third kappa shape index (κ3) is 4.98. The van der Waals surface area contributed by atoms with Crippen molar-refractivity contribution in [3.63, 3.8) is 0 Å². The SMILES string of the molecule is Fc1ccc2nccc(C3CCC(N/C(=N/I)Nc4cccc(Cl)c4)CC3)c2c1. The third-order valence-electron chi connectivity index (χ3n) is 5.42. The van der Waals surface area contributed by atoms with Crippen molar-refractivity contribution in [2.75, 3.05) is 5.32 Å². The molecule has 0 bridgehead atoms. The summed E-state index contributed by atoms with van der Waals surface area (Å²) < 4.78 is 18.1. The fourth-order valence-corrected chi connectivity index (χ4v) is 4.47. The second kappa shape index (κ2) is 9.26. The molecular formula is C22H21ClFIN4. The Kier molecular flexibility index (Phi) is 6.50. The zero-order valence-electron chi connectivity index (χ0n) is 15.7. The van der Waals surface area contributed by atoms with E-state index in [0.29, 0.717) is 17.0 Å². The first-order chi connectivity index (χ1) is 14.1. The number of fused-ring (bicyclic) bond motifs is 1. The van der Waals surface area contributed by atoms with E-state index in [0.717, 1.165) is 48.2 Å². The van der Waals surface area contributed by atoms with E-state index < -0.39 is 0 Å². The van der Waals surface area contributed by atoms with Gasteiger partial charge in [0.15, 0.2) is 0 Å². The summed E-state index contributed by atoms with van der Waals surface area (Å²) in [6.07, 6.45) is 5.96. The molecular weight excluding hydrogens is 502 g/mol. The van der Waals surface area contributed by atoms with Crippen LogP contribution in [0.5, 0.6) is 0 Å². The number of rotatable bonds is 3. The van der Waals surface area contributed by atoms with E-state index in [1.807, 2.05) is 59.4 Å². The van der Waals surface area contributed by atoms with Gasteiger partial charge in [0.2, 0.25) is 5.96 Å². The number of pyridine rings is 1. The van der Waals surface area contributed by atoms with Gasteiger partial charge < -0.3 is 10.6 Å². The van der Waals surface area contributed by atoms with Gasteiger partial charge in [0.05, 0.1) is 28.4 Å². The van der Waals surface area contributed by atoms with Crippen LogP contribution < -0.4 is 10.6 Å². The fraction of sp³-hybridized carbons (Fsp3) is 0.273. The summed E-state index contributed by atoms with van der Waals surface area (Å²) in [5.41, 5.74) is 2.96. The lowest BCUT2D eigenvalue weighted by molar-refractivity contribution is 0.375. The van der Waals surface area contributed by atoms with Crippen molar-refractivity contribution < 1.29 is 4.39 Å². The normalized spacial score (nSPS) is 19.9. The van der Waals surface area contributed by atoms with Crippen LogP contribution in [0.1, 0.15) is 37.2 Å². The molecule has 1 saturated carbocycles. The third-order valence-corrected chi connectivity index (χ3v) is 6.13. The first kappa shape index (κ1) is 20.3. The van der Waals surface area contributed by atoms with Gasteiger partial charge in [-0.25, -0.2) is 4.39 Å². The maximum absolute atomic E-state index is 13.8. The van der Waals surface area contributed by atoms with Crippen LogP contribution in [0.15, 0.2) is 57.9 Å². The largest absolute Gasteiger partial charge is 0.353 e. The van der Waals surface area contributed by atoms with Crippen molar-refractivity contribution in [2.45, 2.75) is 37.6 Å². The number of hydrogen-bond donors (Lipinski definition) is 2. The number of benzene rings is 2. The van der Waals surface area contributed by atoms with E-state index >= 15 is 0 Å². The molecule has 3 aromatic rings. The van der Waals surface area contributed by atoms with Crippen molar-refractivity contribution in [3.05, 3.63) is 71.1 Å². The Balaban J connectivity index is 1.40. The maximum Gasteiger partial charge on any atom is 0.206 e. The molecule has 0 spiro atoms. The molecule has 1 aromatic heterocycles. The Morgan fingerprint density at radius 2 is 1.93 bits per heavy atom. The van der Waals surface area contributed by atoms with Crippen molar-refractivity contribution in [1.82, 2.24) is 10.3 Å². The number of halogens is 3. The highest BCUT2D eigenvalue weighted by Gasteiger charge is 2.24. The second-order valence-electron chi connectivity index (χ2n) is 7.32. The molecule has 2 N–H and O–H groups in total. The fourth-order valence-electron chi connectivity index (χ4n) is 4.02. The van der Waals surface area contributed by atoms with Crippen molar-refractivity contribution in [2.24, 2.45) is 3.21 Å². The van der Waals surface area contributed by atoms with Crippen LogP contribution in [-0.4, -0.2) is 17.0 Å². The minimum Gasteiger partial charge on any atom is -0.353 e. The van der Waals surface area contributed by atoms with Crippen LogP contribution in [-0.2, 0) is 0 Å². The Bertz CT molecular complexity index is 1030. The molecule has 1 fully saturated rings. The van der Waals surface area contributed by atoms with Crippen molar-refractivity contribution >= 4 is 57.0 Å². The zero-order chi connectivity index (χ0) is 20.2. The summed E-state index contributed by atoms with van der Waals surface area (Å²) in [6.45, 7) is 0. The monoisotopic (exact) mass is 522 g/mol. The summed E-state index contributed by atoms with van der Waals surface area (Å²) in [5, 5.41) is 8.41. The molecule has 7 heteroatoms. The molecule has 4 nitrogen and oxygen atoms in total. The summed E-state index contributed by atoms with van der Waals surface area (Å²) in [6, 6.07) is 14.8. The van der Waals surface area contributed by atoms with Crippen LogP contribution in [0.2, 0.25) is 5.02 Å². The average Bonchev–Trinajstić information content (AvgIpc) is 2.73. The van der Waals surface area contributed by atoms with E-state index in [2.05, 4.69) is 18.8 Å². The highest BCUT2D eigenvalue weighted by atomic mass is 127. The first-order valence-electron chi connectivity index (χ1n) is 9.64. The molecule has 4 rings (SSSR count). The Morgan fingerprint density at radius 3 is 2.69 bits per heavy atom. The lowest BCUT2D eigenvalue weighted by atomic mass is 9.80. The Hall–Kier alpha value is -1.93. The topological polar surface area (TPSA) is 49.3 Å². The molecule has 0 amide bonds. The predicted octanol–water partition coefficient (Wildman–Crippen LogP) is 6.46. The quantitative estimate of drug-likeness (QED) is 0.236. The van der Waals surface area contributed by atoms with E-state index in [4.69, 9.17) is 11.6 Å². The molecule has 0 saturated heterocycles. The predicted molar refractivity (Wildman–Crippen MR) is 126 cm³/mol. The second-order valence-corrected chi connectivity index (χ2v) is 8.24. The molecule has 29 heavy (non-hydrogen) atoms. The number of anilines is 1. The number of hydrogen-bond acceptors (Lipinski definition) is 2. The highest BCUT2D eigenvalue weighted by molar-refractivity contribution is 14.1. The van der Waals surface area contributed by atoms with Crippen LogP contribution in [0.3, 0.4) is 0 Å². The van der Waals surface area contributed by atoms with Gasteiger partial charge >= 0.3 is 0 Å². The zero-order valence-corrected chi connectivity index (χ0v) is 18.6. The number of nitrogens with one attached hydrogen (secondary N) is 2. The molecule has 1 aliphatic carbocycles. The molecule has 0 unspecified atom stereocenters. The van der Waals surface area contributed by atoms with E-state index in [1.54, 1.807) is 12.1 Å². The van der Waals surface area contributed by atoms with Crippen LogP contribution in [0.25, 0.3) is 10.9 Å². The van der Waals surface area contributed by atoms with Gasteiger partial charge in [-0.3, -0.25) is 4.98 Å². The van der Waals surface area contributed by atoms with E-state index in [-0.39, 0.29) is 5.82 Å². The van der Waals surface area contributed by atoms with Gasteiger partial charge in [-0.15, -0.1) is 0 Å². The number of guanidine groups is 1. The van der Waals surface area contributed by atoms with Crippen LogP contribution >= 0.6 is 34.5 Å². The number of nitrogens with zero attached hydrogens (tertiary/aromatic N) is 2. The van der Waals surface area contributed by atoms with Gasteiger partial charge in [-0.2, -0.15) is 3.21 Å². The number of aromatic nitrogens is 1. The van der Waals surface area contributed by atoms with Gasteiger partial charge in [0, 0.05) is 28.3 Å². The molecule has 0 atom stereocenters.